The van der Waals surface area contributed by atoms with E-state index < -0.39 is 0 Å². The maximum absolute atomic E-state index is 12.1. The van der Waals surface area contributed by atoms with Gasteiger partial charge in [-0.1, -0.05) is 0 Å². The molecule has 1 fully saturated rings. The van der Waals surface area contributed by atoms with E-state index in [9.17, 15) is 4.79 Å². The summed E-state index contributed by atoms with van der Waals surface area (Å²) in [7, 11) is 0. The maximum atomic E-state index is 12.1. The van der Waals surface area contributed by atoms with Gasteiger partial charge in [-0.2, -0.15) is 5.10 Å². The summed E-state index contributed by atoms with van der Waals surface area (Å²) in [6.07, 6.45) is 7.40. The first-order chi connectivity index (χ1) is 8.81. The van der Waals surface area contributed by atoms with Gasteiger partial charge in [-0.15, -0.1) is 0 Å². The zero-order valence-corrected chi connectivity index (χ0v) is 10.5. The van der Waals surface area contributed by atoms with Crippen LogP contribution in [0.25, 0.3) is 0 Å². The lowest BCUT2D eigenvalue weighted by Crippen LogP contribution is -2.36. The minimum absolute atomic E-state index is 0.186. The molecule has 1 atom stereocenters. The Labute approximate surface area is 107 Å². The van der Waals surface area contributed by atoms with E-state index in [2.05, 4.69) is 10.1 Å². The van der Waals surface area contributed by atoms with Crippen molar-refractivity contribution in [2.75, 3.05) is 13.2 Å². The third-order valence-corrected chi connectivity index (χ3v) is 3.41. The van der Waals surface area contributed by atoms with Crippen molar-refractivity contribution in [2.45, 2.75) is 44.7 Å². The zero-order chi connectivity index (χ0) is 12.8. The standard InChI is InChI=1S/C12H20N4O2/c17-8-2-4-11-3-1-6-16(11)12(18)5-7-15-10-13-9-14-15/h9-11,17H,1-8H2. The molecule has 0 saturated carbocycles. The summed E-state index contributed by atoms with van der Waals surface area (Å²) in [5.41, 5.74) is 0. The highest BCUT2D eigenvalue weighted by atomic mass is 16.3. The van der Waals surface area contributed by atoms with Gasteiger partial charge in [-0.25, -0.2) is 4.98 Å². The summed E-state index contributed by atoms with van der Waals surface area (Å²) in [6, 6.07) is 0.320. The number of hydrogen-bond donors (Lipinski definition) is 1. The van der Waals surface area contributed by atoms with E-state index >= 15 is 0 Å². The molecule has 1 aliphatic heterocycles. The largest absolute Gasteiger partial charge is 0.396 e. The van der Waals surface area contributed by atoms with Crippen LogP contribution in [0.4, 0.5) is 0 Å². The lowest BCUT2D eigenvalue weighted by atomic mass is 10.1. The first-order valence-electron chi connectivity index (χ1n) is 6.54. The van der Waals surface area contributed by atoms with Crippen molar-refractivity contribution in [3.63, 3.8) is 0 Å². The van der Waals surface area contributed by atoms with Gasteiger partial charge in [0.05, 0.1) is 6.54 Å². The van der Waals surface area contributed by atoms with Gasteiger partial charge in [0, 0.05) is 25.6 Å². The van der Waals surface area contributed by atoms with Gasteiger partial charge in [0.15, 0.2) is 0 Å². The number of rotatable bonds is 6. The van der Waals surface area contributed by atoms with Gasteiger partial charge in [0.2, 0.25) is 5.91 Å². The van der Waals surface area contributed by atoms with Crippen LogP contribution in [0.3, 0.4) is 0 Å². The van der Waals surface area contributed by atoms with Gasteiger partial charge in [-0.05, 0) is 25.7 Å². The Balaban J connectivity index is 1.80. The second kappa shape index (κ2) is 6.49. The van der Waals surface area contributed by atoms with Gasteiger partial charge < -0.3 is 10.0 Å². The minimum atomic E-state index is 0.186. The summed E-state index contributed by atoms with van der Waals surface area (Å²) in [6.45, 7) is 1.64. The molecular formula is C12H20N4O2. The molecule has 1 aromatic rings. The molecule has 1 N–H and O–H groups in total. The van der Waals surface area contributed by atoms with E-state index in [1.54, 1.807) is 11.0 Å². The normalized spacial score (nSPS) is 19.4. The first-order valence-corrected chi connectivity index (χ1v) is 6.54. The Hall–Kier alpha value is -1.43. The van der Waals surface area contributed by atoms with Gasteiger partial charge in [0.1, 0.15) is 12.7 Å². The van der Waals surface area contributed by atoms with Gasteiger partial charge >= 0.3 is 0 Å². The number of likely N-dealkylation sites (tertiary alicyclic amines) is 1. The average Bonchev–Trinajstić information content (AvgIpc) is 3.04. The third kappa shape index (κ3) is 3.29. The molecule has 0 radical (unpaired) electrons. The van der Waals surface area contributed by atoms with Crippen LogP contribution in [-0.2, 0) is 11.3 Å². The molecule has 6 nitrogen and oxygen atoms in total. The third-order valence-electron chi connectivity index (χ3n) is 3.41. The van der Waals surface area contributed by atoms with Gasteiger partial charge in [-0.3, -0.25) is 9.48 Å². The number of carbonyl (C=O) groups is 1. The summed E-state index contributed by atoms with van der Waals surface area (Å²) >= 11 is 0. The molecule has 2 heterocycles. The van der Waals surface area contributed by atoms with Crippen molar-refractivity contribution >= 4 is 5.91 Å². The molecule has 6 heteroatoms. The molecule has 18 heavy (non-hydrogen) atoms. The van der Waals surface area contributed by atoms with Crippen molar-refractivity contribution in [1.29, 1.82) is 0 Å². The number of aliphatic hydroxyl groups excluding tert-OH is 1. The molecule has 1 aliphatic rings. The molecule has 1 amide bonds. The molecule has 0 spiro atoms. The van der Waals surface area contributed by atoms with Crippen LogP contribution in [0, 0.1) is 0 Å². The molecule has 1 aromatic heterocycles. The number of carbonyl (C=O) groups excluding carboxylic acids is 1. The van der Waals surface area contributed by atoms with Crippen molar-refractivity contribution in [3.8, 4) is 0 Å². The number of nitrogens with zero attached hydrogens (tertiary/aromatic N) is 4. The molecular weight excluding hydrogens is 232 g/mol. The highest BCUT2D eigenvalue weighted by molar-refractivity contribution is 5.76. The van der Waals surface area contributed by atoms with Gasteiger partial charge in [0.25, 0.3) is 0 Å². The predicted octanol–water partition coefficient (Wildman–Crippen LogP) is 0.432. The number of aromatic nitrogens is 3. The highest BCUT2D eigenvalue weighted by Crippen LogP contribution is 2.22. The zero-order valence-electron chi connectivity index (χ0n) is 10.5. The second-order valence-electron chi connectivity index (χ2n) is 4.66. The van der Waals surface area contributed by atoms with E-state index in [-0.39, 0.29) is 12.5 Å². The Morgan fingerprint density at radius 2 is 2.39 bits per heavy atom. The fourth-order valence-electron chi connectivity index (χ4n) is 2.49. The Morgan fingerprint density at radius 1 is 1.50 bits per heavy atom. The maximum Gasteiger partial charge on any atom is 0.224 e. The van der Waals surface area contributed by atoms with E-state index in [4.69, 9.17) is 5.11 Å². The lowest BCUT2D eigenvalue weighted by Gasteiger charge is -2.24. The summed E-state index contributed by atoms with van der Waals surface area (Å²) in [5, 5.41) is 12.8. The van der Waals surface area contributed by atoms with E-state index in [0.717, 1.165) is 32.2 Å². The van der Waals surface area contributed by atoms with E-state index in [0.29, 0.717) is 19.0 Å². The SMILES string of the molecule is O=C(CCn1cncn1)N1CCCC1CCCO. The quantitative estimate of drug-likeness (QED) is 0.797. The smallest absolute Gasteiger partial charge is 0.224 e. The van der Waals surface area contributed by atoms with Crippen LogP contribution in [0.5, 0.6) is 0 Å². The lowest BCUT2D eigenvalue weighted by molar-refractivity contribution is -0.132. The first kappa shape index (κ1) is 13.0. The van der Waals surface area contributed by atoms with E-state index in [1.807, 2.05) is 4.90 Å². The Bertz CT molecular complexity index is 366. The van der Waals surface area contributed by atoms with E-state index in [1.165, 1.54) is 6.33 Å². The monoisotopic (exact) mass is 252 g/mol. The Kier molecular flexibility index (Phi) is 4.69. The van der Waals surface area contributed by atoms with Crippen molar-refractivity contribution in [2.24, 2.45) is 0 Å². The summed E-state index contributed by atoms with van der Waals surface area (Å²) in [5.74, 6) is 0.186. The van der Waals surface area contributed by atoms with Crippen molar-refractivity contribution < 1.29 is 9.90 Å². The van der Waals surface area contributed by atoms with Crippen LogP contribution in [0.1, 0.15) is 32.1 Å². The molecule has 2 rings (SSSR count). The van der Waals surface area contributed by atoms with Crippen LogP contribution in [0.15, 0.2) is 12.7 Å². The predicted molar refractivity (Wildman–Crippen MR) is 65.7 cm³/mol. The van der Waals surface area contributed by atoms with Crippen LogP contribution >= 0.6 is 0 Å². The number of aliphatic hydroxyl groups is 1. The molecule has 1 unspecified atom stereocenters. The van der Waals surface area contributed by atoms with Crippen LogP contribution < -0.4 is 0 Å². The van der Waals surface area contributed by atoms with Crippen LogP contribution in [0.2, 0.25) is 0 Å². The molecule has 0 aliphatic carbocycles. The molecule has 0 aromatic carbocycles. The number of amides is 1. The average molecular weight is 252 g/mol. The molecule has 1 saturated heterocycles. The molecule has 0 bridgehead atoms. The fraction of sp³-hybridized carbons (Fsp3) is 0.750. The topological polar surface area (TPSA) is 71.2 Å². The summed E-state index contributed by atoms with van der Waals surface area (Å²) in [4.78, 5) is 17.9. The Morgan fingerprint density at radius 3 is 3.11 bits per heavy atom. The second-order valence-corrected chi connectivity index (χ2v) is 4.66. The summed E-state index contributed by atoms with van der Waals surface area (Å²) < 4.78 is 1.68. The molecule has 100 valence electrons. The number of aryl methyl sites for hydroxylation is 1. The number of hydrogen-bond acceptors (Lipinski definition) is 4. The minimum Gasteiger partial charge on any atom is -0.396 e. The highest BCUT2D eigenvalue weighted by Gasteiger charge is 2.27. The van der Waals surface area contributed by atoms with Crippen molar-refractivity contribution in [1.82, 2.24) is 19.7 Å². The van der Waals surface area contributed by atoms with Crippen molar-refractivity contribution in [3.05, 3.63) is 12.7 Å². The van der Waals surface area contributed by atoms with Crippen LogP contribution in [-0.4, -0.2) is 49.9 Å². The fourth-order valence-corrected chi connectivity index (χ4v) is 2.49.